The summed E-state index contributed by atoms with van der Waals surface area (Å²) in [6.45, 7) is 1.97. The highest BCUT2D eigenvalue weighted by Crippen LogP contribution is 2.23. The molecule has 112 valence electrons. The Morgan fingerprint density at radius 1 is 1.29 bits per heavy atom. The van der Waals surface area contributed by atoms with Crippen LogP contribution in [0.4, 0.5) is 8.78 Å². The molecular weight excluding hydrogens is 342 g/mol. The van der Waals surface area contributed by atoms with E-state index in [9.17, 15) is 13.6 Å². The second-order valence-electron chi connectivity index (χ2n) is 4.78. The molecule has 6 heteroatoms. The van der Waals surface area contributed by atoms with Gasteiger partial charge in [-0.15, -0.1) is 0 Å². The van der Waals surface area contributed by atoms with Gasteiger partial charge in [0.1, 0.15) is 17.4 Å². The van der Waals surface area contributed by atoms with Crippen molar-refractivity contribution >= 4 is 21.7 Å². The highest BCUT2D eigenvalue weighted by atomic mass is 79.9. The van der Waals surface area contributed by atoms with Crippen LogP contribution < -0.4 is 0 Å². The molecule has 0 aliphatic rings. The van der Waals surface area contributed by atoms with Crippen molar-refractivity contribution in [3.8, 4) is 0 Å². The highest BCUT2D eigenvalue weighted by Gasteiger charge is 2.18. The van der Waals surface area contributed by atoms with Gasteiger partial charge in [0, 0.05) is 25.5 Å². The summed E-state index contributed by atoms with van der Waals surface area (Å²) in [5, 5.41) is 4.29. The first kappa shape index (κ1) is 15.8. The van der Waals surface area contributed by atoms with E-state index in [0.29, 0.717) is 5.69 Å². The van der Waals surface area contributed by atoms with Gasteiger partial charge in [-0.3, -0.25) is 9.48 Å². The van der Waals surface area contributed by atoms with E-state index in [4.69, 9.17) is 0 Å². The third-order valence-electron chi connectivity index (χ3n) is 3.30. The maximum Gasteiger partial charge on any atom is 0.143 e. The van der Waals surface area contributed by atoms with Gasteiger partial charge in [-0.1, -0.05) is 13.0 Å². The van der Waals surface area contributed by atoms with Crippen LogP contribution in [0.15, 0.2) is 22.7 Å². The number of ketones is 1. The minimum Gasteiger partial charge on any atom is -0.299 e. The summed E-state index contributed by atoms with van der Waals surface area (Å²) >= 11 is 3.42. The molecule has 21 heavy (non-hydrogen) atoms. The van der Waals surface area contributed by atoms with E-state index in [1.54, 1.807) is 11.7 Å². The molecule has 0 saturated heterocycles. The molecule has 2 rings (SSSR count). The summed E-state index contributed by atoms with van der Waals surface area (Å²) in [5.41, 5.74) is 1.39. The van der Waals surface area contributed by atoms with Gasteiger partial charge in [-0.25, -0.2) is 8.78 Å². The van der Waals surface area contributed by atoms with Gasteiger partial charge >= 0.3 is 0 Å². The number of carbonyl (C=O) groups excluding carboxylic acids is 1. The van der Waals surface area contributed by atoms with Gasteiger partial charge < -0.3 is 0 Å². The number of hydrogen-bond donors (Lipinski definition) is 0. The Hall–Kier alpha value is -1.56. The van der Waals surface area contributed by atoms with Gasteiger partial charge in [-0.05, 0) is 34.5 Å². The molecule has 0 bridgehead atoms. The predicted octanol–water partition coefficient (Wildman–Crippen LogP) is 3.38. The van der Waals surface area contributed by atoms with Crippen LogP contribution in [0, 0.1) is 11.6 Å². The van der Waals surface area contributed by atoms with E-state index in [-0.39, 0.29) is 24.2 Å². The van der Waals surface area contributed by atoms with Gasteiger partial charge in [0.25, 0.3) is 0 Å². The van der Waals surface area contributed by atoms with E-state index in [1.807, 2.05) is 6.92 Å². The zero-order valence-corrected chi connectivity index (χ0v) is 13.4. The molecule has 0 amide bonds. The van der Waals surface area contributed by atoms with Crippen molar-refractivity contribution in [3.05, 3.63) is 51.3 Å². The van der Waals surface area contributed by atoms with Gasteiger partial charge in [-0.2, -0.15) is 5.10 Å². The summed E-state index contributed by atoms with van der Waals surface area (Å²) in [4.78, 5) is 12.1. The molecule has 0 spiro atoms. The van der Waals surface area contributed by atoms with Crippen LogP contribution in [0.3, 0.4) is 0 Å². The summed E-state index contributed by atoms with van der Waals surface area (Å²) in [5.74, 6) is -1.64. The zero-order valence-electron chi connectivity index (χ0n) is 11.8. The normalized spacial score (nSPS) is 10.9. The Morgan fingerprint density at radius 3 is 2.43 bits per heavy atom. The Labute approximate surface area is 130 Å². The fraction of sp³-hybridized carbons (Fsp3) is 0.333. The minimum atomic E-state index is -0.693. The summed E-state index contributed by atoms with van der Waals surface area (Å²) < 4.78 is 29.5. The van der Waals surface area contributed by atoms with E-state index >= 15 is 0 Å². The Kier molecular flexibility index (Phi) is 4.88. The molecule has 0 radical (unpaired) electrons. The number of halogens is 3. The molecule has 0 N–H and O–H groups in total. The monoisotopic (exact) mass is 356 g/mol. The van der Waals surface area contributed by atoms with Crippen molar-refractivity contribution < 1.29 is 13.6 Å². The van der Waals surface area contributed by atoms with Crippen LogP contribution in [-0.2, 0) is 31.1 Å². The summed E-state index contributed by atoms with van der Waals surface area (Å²) in [7, 11) is 1.75. The molecule has 0 atom stereocenters. The summed E-state index contributed by atoms with van der Waals surface area (Å²) in [6.07, 6.45) is 0.556. The number of carbonyl (C=O) groups is 1. The third-order valence-corrected chi connectivity index (χ3v) is 4.22. The van der Waals surface area contributed by atoms with Crippen LogP contribution in [0.5, 0.6) is 0 Å². The number of aromatic nitrogens is 2. The Morgan fingerprint density at radius 2 is 1.90 bits per heavy atom. The molecule has 0 aliphatic carbocycles. The number of rotatable bonds is 5. The molecule has 3 nitrogen and oxygen atoms in total. The van der Waals surface area contributed by atoms with Crippen molar-refractivity contribution in [2.45, 2.75) is 26.2 Å². The van der Waals surface area contributed by atoms with E-state index in [0.717, 1.165) is 28.7 Å². The molecule has 1 heterocycles. The molecule has 1 aromatic carbocycles. The predicted molar refractivity (Wildman–Crippen MR) is 79.1 cm³/mol. The molecule has 1 aromatic heterocycles. The van der Waals surface area contributed by atoms with E-state index < -0.39 is 11.6 Å². The van der Waals surface area contributed by atoms with Gasteiger partial charge in [0.2, 0.25) is 0 Å². The number of hydrogen-bond acceptors (Lipinski definition) is 2. The lowest BCUT2D eigenvalue weighted by atomic mass is 10.0. The van der Waals surface area contributed by atoms with Crippen LogP contribution in [0.2, 0.25) is 0 Å². The van der Waals surface area contributed by atoms with E-state index in [2.05, 4.69) is 21.0 Å². The topological polar surface area (TPSA) is 34.9 Å². The molecule has 2 aromatic rings. The standard InChI is InChI=1S/C15H15BrF2N2O/c1-3-13-15(16)14(20(2)19-13)8-9(21)7-10-11(17)5-4-6-12(10)18/h4-6H,3,7-8H2,1-2H3. The average molecular weight is 357 g/mol. The van der Waals surface area contributed by atoms with Crippen molar-refractivity contribution in [1.82, 2.24) is 9.78 Å². The van der Waals surface area contributed by atoms with Crippen molar-refractivity contribution in [2.75, 3.05) is 0 Å². The first-order chi connectivity index (χ1) is 9.93. The fourth-order valence-electron chi connectivity index (χ4n) is 2.16. The minimum absolute atomic E-state index is 0.0812. The quantitative estimate of drug-likeness (QED) is 0.822. The largest absolute Gasteiger partial charge is 0.299 e. The first-order valence-electron chi connectivity index (χ1n) is 6.58. The van der Waals surface area contributed by atoms with Crippen molar-refractivity contribution in [3.63, 3.8) is 0 Å². The first-order valence-corrected chi connectivity index (χ1v) is 7.38. The van der Waals surface area contributed by atoms with Gasteiger partial charge in [0.15, 0.2) is 0 Å². The fourth-order valence-corrected chi connectivity index (χ4v) is 2.92. The van der Waals surface area contributed by atoms with Gasteiger partial charge in [0.05, 0.1) is 15.9 Å². The Balaban J connectivity index is 2.18. The molecule has 0 aliphatic heterocycles. The van der Waals surface area contributed by atoms with Crippen molar-refractivity contribution in [1.29, 1.82) is 0 Å². The molecule has 0 fully saturated rings. The summed E-state index contributed by atoms with van der Waals surface area (Å²) in [6, 6.07) is 3.59. The Bertz CT molecular complexity index is 662. The lowest BCUT2D eigenvalue weighted by Gasteiger charge is -2.05. The average Bonchev–Trinajstić information content (AvgIpc) is 2.70. The van der Waals surface area contributed by atoms with Crippen molar-refractivity contribution in [2.24, 2.45) is 7.05 Å². The lowest BCUT2D eigenvalue weighted by molar-refractivity contribution is -0.118. The molecular formula is C15H15BrF2N2O. The van der Waals surface area contributed by atoms with Crippen LogP contribution >= 0.6 is 15.9 Å². The highest BCUT2D eigenvalue weighted by molar-refractivity contribution is 9.10. The maximum atomic E-state index is 13.5. The number of aryl methyl sites for hydroxylation is 2. The zero-order chi connectivity index (χ0) is 15.6. The molecule has 0 saturated carbocycles. The lowest BCUT2D eigenvalue weighted by Crippen LogP contribution is -2.12. The number of Topliss-reactive ketones (excluding diaryl/α,β-unsaturated/α-hetero) is 1. The maximum absolute atomic E-state index is 13.5. The third kappa shape index (κ3) is 3.37. The van der Waals surface area contributed by atoms with Crippen LogP contribution in [0.25, 0.3) is 0 Å². The van der Waals surface area contributed by atoms with E-state index in [1.165, 1.54) is 6.07 Å². The second kappa shape index (κ2) is 6.47. The number of nitrogens with zero attached hydrogens (tertiary/aromatic N) is 2. The smallest absolute Gasteiger partial charge is 0.143 e. The number of benzene rings is 1. The second-order valence-corrected chi connectivity index (χ2v) is 5.57. The van der Waals surface area contributed by atoms with Crippen LogP contribution in [-0.4, -0.2) is 15.6 Å². The van der Waals surface area contributed by atoms with Crippen LogP contribution in [0.1, 0.15) is 23.9 Å². The molecule has 0 unspecified atom stereocenters. The SMILES string of the molecule is CCc1nn(C)c(CC(=O)Cc2c(F)cccc2F)c1Br.